The zero-order chi connectivity index (χ0) is 13.2. The molecule has 8 heteroatoms. The van der Waals surface area contributed by atoms with Crippen LogP contribution in [-0.2, 0) is 24.3 Å². The Balaban J connectivity index is 2.95. The van der Waals surface area contributed by atoms with Crippen molar-refractivity contribution >= 4 is 21.9 Å². The smallest absolute Gasteiger partial charge is 0.326 e. The van der Waals surface area contributed by atoms with Gasteiger partial charge in [-0.25, -0.2) is 8.42 Å². The molecule has 98 valence electrons. The SMILES string of the molecule is COC(=O)[C@H]1CN(C(C)=O)CCN1S(C)(=O)=O. The van der Waals surface area contributed by atoms with Gasteiger partial charge in [0.15, 0.2) is 0 Å². The molecule has 0 saturated carbocycles. The van der Waals surface area contributed by atoms with E-state index in [9.17, 15) is 18.0 Å². The minimum atomic E-state index is -3.48. The van der Waals surface area contributed by atoms with Crippen molar-refractivity contribution in [2.24, 2.45) is 0 Å². The van der Waals surface area contributed by atoms with E-state index in [1.54, 1.807) is 0 Å². The number of carbonyl (C=O) groups is 2. The van der Waals surface area contributed by atoms with Gasteiger partial charge in [0.05, 0.1) is 13.4 Å². The van der Waals surface area contributed by atoms with Crippen molar-refractivity contribution in [3.05, 3.63) is 0 Å². The monoisotopic (exact) mass is 264 g/mol. The molecule has 1 saturated heterocycles. The number of hydrogen-bond donors (Lipinski definition) is 0. The average molecular weight is 264 g/mol. The first-order chi connectivity index (χ1) is 7.77. The standard InChI is InChI=1S/C9H16N2O5S/c1-7(12)10-4-5-11(17(3,14)15)8(6-10)9(13)16-2/h8H,4-6H2,1-3H3/t8-/m1/s1. The molecule has 1 fully saturated rings. The molecule has 7 nitrogen and oxygen atoms in total. The number of rotatable bonds is 2. The predicted molar refractivity (Wildman–Crippen MR) is 59.6 cm³/mol. The first-order valence-corrected chi connectivity index (χ1v) is 6.92. The lowest BCUT2D eigenvalue weighted by molar-refractivity contribution is -0.148. The molecule has 1 rings (SSSR count). The Morgan fingerprint density at radius 2 is 1.88 bits per heavy atom. The number of amides is 1. The highest BCUT2D eigenvalue weighted by molar-refractivity contribution is 7.88. The van der Waals surface area contributed by atoms with Crippen molar-refractivity contribution in [3.8, 4) is 0 Å². The van der Waals surface area contributed by atoms with E-state index in [1.807, 2.05) is 0 Å². The van der Waals surface area contributed by atoms with Crippen LogP contribution in [0.1, 0.15) is 6.92 Å². The van der Waals surface area contributed by atoms with E-state index in [0.29, 0.717) is 0 Å². The van der Waals surface area contributed by atoms with Gasteiger partial charge in [-0.3, -0.25) is 9.59 Å². The fraction of sp³-hybridized carbons (Fsp3) is 0.778. The summed E-state index contributed by atoms with van der Waals surface area (Å²) in [6.45, 7) is 1.81. The molecule has 1 heterocycles. The molecule has 0 aromatic heterocycles. The zero-order valence-corrected chi connectivity index (χ0v) is 10.9. The van der Waals surface area contributed by atoms with Crippen molar-refractivity contribution in [2.45, 2.75) is 13.0 Å². The summed E-state index contributed by atoms with van der Waals surface area (Å²) in [5.41, 5.74) is 0. The maximum Gasteiger partial charge on any atom is 0.326 e. The van der Waals surface area contributed by atoms with E-state index >= 15 is 0 Å². The van der Waals surface area contributed by atoms with Gasteiger partial charge in [-0.05, 0) is 0 Å². The third-order valence-electron chi connectivity index (χ3n) is 2.68. The molecule has 1 amide bonds. The fourth-order valence-corrected chi connectivity index (χ4v) is 2.81. The van der Waals surface area contributed by atoms with Crippen LogP contribution in [0.3, 0.4) is 0 Å². The molecular formula is C9H16N2O5S. The van der Waals surface area contributed by atoms with E-state index in [-0.39, 0.29) is 25.5 Å². The van der Waals surface area contributed by atoms with Gasteiger partial charge >= 0.3 is 5.97 Å². The second-order valence-corrected chi connectivity index (χ2v) is 5.81. The molecule has 0 radical (unpaired) electrons. The van der Waals surface area contributed by atoms with Crippen LogP contribution in [0, 0.1) is 0 Å². The fourth-order valence-electron chi connectivity index (χ4n) is 1.78. The van der Waals surface area contributed by atoms with Gasteiger partial charge in [0.2, 0.25) is 15.9 Å². The van der Waals surface area contributed by atoms with Crippen LogP contribution in [-0.4, -0.2) is 68.5 Å². The van der Waals surface area contributed by atoms with Gasteiger partial charge in [0.25, 0.3) is 0 Å². The number of piperazine rings is 1. The lowest BCUT2D eigenvalue weighted by atomic mass is 10.2. The van der Waals surface area contributed by atoms with Gasteiger partial charge in [-0.1, -0.05) is 0 Å². The van der Waals surface area contributed by atoms with E-state index in [1.165, 1.54) is 18.9 Å². The van der Waals surface area contributed by atoms with Crippen molar-refractivity contribution in [1.29, 1.82) is 0 Å². The first kappa shape index (κ1) is 13.9. The molecule has 1 aliphatic rings. The number of hydrogen-bond acceptors (Lipinski definition) is 5. The topological polar surface area (TPSA) is 84.0 Å². The summed E-state index contributed by atoms with van der Waals surface area (Å²) in [6, 6.07) is -0.951. The lowest BCUT2D eigenvalue weighted by Crippen LogP contribution is -2.59. The summed E-state index contributed by atoms with van der Waals surface area (Å²) in [7, 11) is -2.29. The van der Waals surface area contributed by atoms with Crippen molar-refractivity contribution in [2.75, 3.05) is 33.0 Å². The van der Waals surface area contributed by atoms with Crippen molar-refractivity contribution in [3.63, 3.8) is 0 Å². The molecule has 0 aliphatic carbocycles. The van der Waals surface area contributed by atoms with E-state index in [0.717, 1.165) is 10.6 Å². The summed E-state index contributed by atoms with van der Waals surface area (Å²) < 4.78 is 28.6. The molecule has 1 atom stereocenters. The third-order valence-corrected chi connectivity index (χ3v) is 3.96. The quantitative estimate of drug-likeness (QED) is 0.576. The highest BCUT2D eigenvalue weighted by atomic mass is 32.2. The molecule has 0 bridgehead atoms. The molecular weight excluding hydrogens is 248 g/mol. The summed E-state index contributed by atoms with van der Waals surface area (Å²) in [5, 5.41) is 0. The minimum Gasteiger partial charge on any atom is -0.468 e. The van der Waals surface area contributed by atoms with E-state index < -0.39 is 22.0 Å². The summed E-state index contributed by atoms with van der Waals surface area (Å²) >= 11 is 0. The van der Waals surface area contributed by atoms with Gasteiger partial charge in [0, 0.05) is 26.6 Å². The molecule has 0 aromatic rings. The number of esters is 1. The van der Waals surface area contributed by atoms with Crippen LogP contribution >= 0.6 is 0 Å². The van der Waals surface area contributed by atoms with Gasteiger partial charge in [0.1, 0.15) is 6.04 Å². The van der Waals surface area contributed by atoms with Crippen LogP contribution in [0.4, 0.5) is 0 Å². The second-order valence-electron chi connectivity index (χ2n) is 3.88. The van der Waals surface area contributed by atoms with E-state index in [4.69, 9.17) is 0 Å². The number of sulfonamides is 1. The first-order valence-electron chi connectivity index (χ1n) is 5.07. The Bertz CT molecular complexity index is 419. The highest BCUT2D eigenvalue weighted by Crippen LogP contribution is 2.14. The maximum absolute atomic E-state index is 11.5. The number of nitrogens with zero attached hydrogens (tertiary/aromatic N) is 2. The van der Waals surface area contributed by atoms with Crippen LogP contribution in [0.5, 0.6) is 0 Å². The largest absolute Gasteiger partial charge is 0.468 e. The van der Waals surface area contributed by atoms with E-state index in [2.05, 4.69) is 4.74 Å². The van der Waals surface area contributed by atoms with Gasteiger partial charge < -0.3 is 9.64 Å². The molecule has 1 aliphatic heterocycles. The Morgan fingerprint density at radius 3 is 2.29 bits per heavy atom. The normalized spacial score (nSPS) is 22.3. The molecule has 0 N–H and O–H groups in total. The zero-order valence-electron chi connectivity index (χ0n) is 10.0. The van der Waals surface area contributed by atoms with Gasteiger partial charge in [-0.2, -0.15) is 4.31 Å². The molecule has 0 unspecified atom stereocenters. The summed E-state index contributed by atoms with van der Waals surface area (Å²) in [6.07, 6.45) is 1.03. The Hall–Kier alpha value is -1.15. The minimum absolute atomic E-state index is 0.0368. The number of methoxy groups -OCH3 is 1. The van der Waals surface area contributed by atoms with Crippen LogP contribution in [0.25, 0.3) is 0 Å². The number of carbonyl (C=O) groups excluding carboxylic acids is 2. The van der Waals surface area contributed by atoms with Crippen molar-refractivity contribution < 1.29 is 22.7 Å². The second kappa shape index (κ2) is 5.01. The maximum atomic E-state index is 11.5. The Labute approximate surface area is 100 Å². The van der Waals surface area contributed by atoms with Crippen LogP contribution in [0.2, 0.25) is 0 Å². The molecule has 17 heavy (non-hydrogen) atoms. The summed E-state index contributed by atoms with van der Waals surface area (Å²) in [5.74, 6) is -0.839. The lowest BCUT2D eigenvalue weighted by Gasteiger charge is -2.37. The predicted octanol–water partition coefficient (Wildman–Crippen LogP) is -1.35. The van der Waals surface area contributed by atoms with Crippen LogP contribution < -0.4 is 0 Å². The van der Waals surface area contributed by atoms with Crippen molar-refractivity contribution in [1.82, 2.24) is 9.21 Å². The third kappa shape index (κ3) is 3.16. The Morgan fingerprint density at radius 1 is 1.29 bits per heavy atom. The average Bonchev–Trinajstić information content (AvgIpc) is 2.25. The highest BCUT2D eigenvalue weighted by Gasteiger charge is 2.38. The molecule has 0 spiro atoms. The molecule has 0 aromatic carbocycles. The summed E-state index contributed by atoms with van der Waals surface area (Å²) in [4.78, 5) is 24.2. The van der Waals surface area contributed by atoms with Gasteiger partial charge in [-0.15, -0.1) is 0 Å². The Kier molecular flexibility index (Phi) is 4.10. The number of ether oxygens (including phenoxy) is 1. The van der Waals surface area contributed by atoms with Crippen LogP contribution in [0.15, 0.2) is 0 Å².